The smallest absolute Gasteiger partial charge is 0.352 e. The molecule has 0 saturated carbocycles. The Morgan fingerprint density at radius 1 is 1.31 bits per heavy atom. The van der Waals surface area contributed by atoms with Gasteiger partial charge in [0.25, 0.3) is 0 Å². The Balaban J connectivity index is 2.38. The quantitative estimate of drug-likeness (QED) is 0.829. The maximum absolute atomic E-state index is 10.7. The van der Waals surface area contributed by atoms with Crippen LogP contribution in [0.25, 0.3) is 11.3 Å². The van der Waals surface area contributed by atoms with Gasteiger partial charge in [0, 0.05) is 11.3 Å². The second kappa shape index (κ2) is 4.10. The van der Waals surface area contributed by atoms with Gasteiger partial charge in [0.1, 0.15) is 11.4 Å². The third kappa shape index (κ3) is 1.91. The van der Waals surface area contributed by atoms with Gasteiger partial charge < -0.3 is 14.8 Å². The zero-order valence-electron chi connectivity index (χ0n) is 8.73. The molecule has 1 heterocycles. The number of nitrogens with one attached hydrogen (secondary N) is 1. The van der Waals surface area contributed by atoms with Crippen LogP contribution in [0, 0.1) is 0 Å². The van der Waals surface area contributed by atoms with Gasteiger partial charge in [-0.25, -0.2) is 4.79 Å². The van der Waals surface area contributed by atoms with Crippen LogP contribution in [0.5, 0.6) is 5.75 Å². The number of carboxylic acid groups (broad SMARTS) is 1. The topological polar surface area (TPSA) is 62.3 Å². The van der Waals surface area contributed by atoms with Gasteiger partial charge in [-0.15, -0.1) is 0 Å². The van der Waals surface area contributed by atoms with Crippen LogP contribution < -0.4 is 4.74 Å². The fraction of sp³-hybridized carbons (Fsp3) is 0.0833. The van der Waals surface area contributed by atoms with Crippen molar-refractivity contribution in [2.24, 2.45) is 0 Å². The van der Waals surface area contributed by atoms with Crippen molar-refractivity contribution in [3.63, 3.8) is 0 Å². The number of H-pyrrole nitrogens is 1. The lowest BCUT2D eigenvalue weighted by atomic mass is 10.1. The molecule has 2 aromatic rings. The summed E-state index contributed by atoms with van der Waals surface area (Å²) in [7, 11) is 1.59. The molecule has 0 fully saturated rings. The van der Waals surface area contributed by atoms with Crippen molar-refractivity contribution in [2.45, 2.75) is 0 Å². The van der Waals surface area contributed by atoms with E-state index in [2.05, 4.69) is 4.98 Å². The maximum atomic E-state index is 10.7. The number of benzene rings is 1. The minimum Gasteiger partial charge on any atom is -0.497 e. The molecule has 0 saturated heterocycles. The third-order valence-electron chi connectivity index (χ3n) is 2.30. The number of aromatic carboxylic acids is 1. The number of hydrogen-bond acceptors (Lipinski definition) is 2. The van der Waals surface area contributed by atoms with Crippen molar-refractivity contribution in [1.29, 1.82) is 0 Å². The van der Waals surface area contributed by atoms with E-state index in [0.717, 1.165) is 17.0 Å². The van der Waals surface area contributed by atoms with Gasteiger partial charge in [0.15, 0.2) is 0 Å². The van der Waals surface area contributed by atoms with Crippen LogP contribution in [0.15, 0.2) is 36.4 Å². The van der Waals surface area contributed by atoms with Crippen LogP contribution in [0.1, 0.15) is 10.5 Å². The summed E-state index contributed by atoms with van der Waals surface area (Å²) in [6.45, 7) is 0. The van der Waals surface area contributed by atoms with E-state index in [1.165, 1.54) is 6.07 Å². The summed E-state index contributed by atoms with van der Waals surface area (Å²) in [5, 5.41) is 8.79. The van der Waals surface area contributed by atoms with Crippen LogP contribution in [0.3, 0.4) is 0 Å². The molecule has 0 aliphatic rings. The summed E-state index contributed by atoms with van der Waals surface area (Å²) in [5.41, 5.74) is 1.83. The van der Waals surface area contributed by atoms with Crippen molar-refractivity contribution in [1.82, 2.24) is 4.98 Å². The molecular formula is C12H11NO3. The summed E-state index contributed by atoms with van der Waals surface area (Å²) < 4.78 is 5.10. The first kappa shape index (κ1) is 10.3. The predicted molar refractivity (Wildman–Crippen MR) is 59.7 cm³/mol. The molecule has 16 heavy (non-hydrogen) atoms. The van der Waals surface area contributed by atoms with Crippen LogP contribution in [-0.2, 0) is 0 Å². The van der Waals surface area contributed by atoms with E-state index in [9.17, 15) is 4.79 Å². The Morgan fingerprint density at radius 2 is 2.12 bits per heavy atom. The second-order valence-electron chi connectivity index (χ2n) is 3.32. The lowest BCUT2D eigenvalue weighted by Gasteiger charge is -2.02. The van der Waals surface area contributed by atoms with E-state index >= 15 is 0 Å². The molecule has 2 N–H and O–H groups in total. The Kier molecular flexibility index (Phi) is 2.64. The number of carbonyl (C=O) groups is 1. The van der Waals surface area contributed by atoms with E-state index in [1.807, 2.05) is 24.3 Å². The molecule has 0 spiro atoms. The standard InChI is InChI=1S/C12H11NO3/c1-16-9-4-2-3-8(7-9)10-5-6-11(13-10)12(14)15/h2-7,13H,1H3,(H,14,15). The van der Waals surface area contributed by atoms with Gasteiger partial charge in [-0.3, -0.25) is 0 Å². The monoisotopic (exact) mass is 217 g/mol. The lowest BCUT2D eigenvalue weighted by Crippen LogP contribution is -1.95. The van der Waals surface area contributed by atoms with Gasteiger partial charge in [0.2, 0.25) is 0 Å². The van der Waals surface area contributed by atoms with Gasteiger partial charge in [-0.05, 0) is 24.3 Å². The Hall–Kier alpha value is -2.23. The molecule has 82 valence electrons. The highest BCUT2D eigenvalue weighted by molar-refractivity contribution is 5.86. The zero-order valence-corrected chi connectivity index (χ0v) is 8.73. The van der Waals surface area contributed by atoms with Gasteiger partial charge in [-0.1, -0.05) is 12.1 Å². The van der Waals surface area contributed by atoms with Crippen molar-refractivity contribution in [3.8, 4) is 17.0 Å². The number of aromatic amines is 1. The first-order valence-corrected chi connectivity index (χ1v) is 4.77. The Labute approximate surface area is 92.5 Å². The molecule has 0 amide bonds. The van der Waals surface area contributed by atoms with E-state index < -0.39 is 5.97 Å². The number of hydrogen-bond donors (Lipinski definition) is 2. The first-order chi connectivity index (χ1) is 7.70. The van der Waals surface area contributed by atoms with Crippen molar-refractivity contribution in [3.05, 3.63) is 42.1 Å². The van der Waals surface area contributed by atoms with Crippen molar-refractivity contribution >= 4 is 5.97 Å². The fourth-order valence-corrected chi connectivity index (χ4v) is 1.48. The number of ether oxygens (including phenoxy) is 1. The van der Waals surface area contributed by atoms with Crippen molar-refractivity contribution in [2.75, 3.05) is 7.11 Å². The summed E-state index contributed by atoms with van der Waals surface area (Å²) in [6.07, 6.45) is 0. The van der Waals surface area contributed by atoms with Gasteiger partial charge in [-0.2, -0.15) is 0 Å². The molecule has 0 aliphatic heterocycles. The highest BCUT2D eigenvalue weighted by atomic mass is 16.5. The molecular weight excluding hydrogens is 206 g/mol. The van der Waals surface area contributed by atoms with E-state index in [-0.39, 0.29) is 5.69 Å². The molecule has 0 atom stereocenters. The molecule has 0 radical (unpaired) electrons. The van der Waals surface area contributed by atoms with E-state index in [1.54, 1.807) is 13.2 Å². The van der Waals surface area contributed by atoms with Crippen LogP contribution in [0.2, 0.25) is 0 Å². The Morgan fingerprint density at radius 3 is 2.75 bits per heavy atom. The average Bonchev–Trinajstić information content (AvgIpc) is 2.78. The third-order valence-corrected chi connectivity index (χ3v) is 2.30. The number of carboxylic acids is 1. The van der Waals surface area contributed by atoms with Gasteiger partial charge in [0.05, 0.1) is 7.11 Å². The predicted octanol–water partition coefficient (Wildman–Crippen LogP) is 2.39. The average molecular weight is 217 g/mol. The summed E-state index contributed by atoms with van der Waals surface area (Å²) in [5.74, 6) is -0.224. The molecule has 2 rings (SSSR count). The number of methoxy groups -OCH3 is 1. The van der Waals surface area contributed by atoms with Crippen LogP contribution in [0.4, 0.5) is 0 Å². The molecule has 4 nitrogen and oxygen atoms in total. The second-order valence-corrected chi connectivity index (χ2v) is 3.32. The minimum atomic E-state index is -0.964. The van der Waals surface area contributed by atoms with Crippen LogP contribution >= 0.6 is 0 Å². The van der Waals surface area contributed by atoms with Crippen LogP contribution in [-0.4, -0.2) is 23.2 Å². The first-order valence-electron chi connectivity index (χ1n) is 4.77. The number of aromatic nitrogens is 1. The lowest BCUT2D eigenvalue weighted by molar-refractivity contribution is 0.0691. The Bertz CT molecular complexity index is 516. The molecule has 1 aromatic heterocycles. The molecule has 4 heteroatoms. The molecule has 0 aliphatic carbocycles. The zero-order chi connectivity index (χ0) is 11.5. The SMILES string of the molecule is COc1cccc(-c2ccc(C(=O)O)[nH]2)c1. The molecule has 0 bridgehead atoms. The molecule has 0 unspecified atom stereocenters. The van der Waals surface area contributed by atoms with Crippen molar-refractivity contribution < 1.29 is 14.6 Å². The fourth-order valence-electron chi connectivity index (χ4n) is 1.48. The van der Waals surface area contributed by atoms with Gasteiger partial charge >= 0.3 is 5.97 Å². The summed E-state index contributed by atoms with van der Waals surface area (Å²) in [4.78, 5) is 13.5. The minimum absolute atomic E-state index is 0.179. The summed E-state index contributed by atoms with van der Waals surface area (Å²) >= 11 is 0. The maximum Gasteiger partial charge on any atom is 0.352 e. The summed E-state index contributed by atoms with van der Waals surface area (Å²) in [6, 6.07) is 10.7. The number of rotatable bonds is 3. The highest BCUT2D eigenvalue weighted by Crippen LogP contribution is 2.22. The highest BCUT2D eigenvalue weighted by Gasteiger charge is 2.07. The molecule has 1 aromatic carbocycles. The normalized spacial score (nSPS) is 10.1. The van der Waals surface area contributed by atoms with E-state index in [4.69, 9.17) is 9.84 Å². The van der Waals surface area contributed by atoms with E-state index in [0.29, 0.717) is 0 Å². The largest absolute Gasteiger partial charge is 0.497 e.